The van der Waals surface area contributed by atoms with Crippen LogP contribution < -0.4 is 0 Å². The summed E-state index contributed by atoms with van der Waals surface area (Å²) < 4.78 is 0. The van der Waals surface area contributed by atoms with Crippen molar-refractivity contribution in [3.8, 4) is 0 Å². The van der Waals surface area contributed by atoms with E-state index in [0.29, 0.717) is 0 Å². The molecule has 5 N–H and O–H groups in total. The molecule has 3 atom stereocenters. The Balaban J connectivity index is 2.62. The highest BCUT2D eigenvalue weighted by Gasteiger charge is 2.28. The normalized spacial score (nSPS) is 18.2. The monoisotopic (exact) mass is 190 g/mol. The molecule has 1 rings (SSSR count). The van der Waals surface area contributed by atoms with Gasteiger partial charge >= 0.3 is 0 Å². The summed E-state index contributed by atoms with van der Waals surface area (Å²) in [6.07, 6.45) is -4.45. The van der Waals surface area contributed by atoms with Crippen LogP contribution in [0.4, 0.5) is 0 Å². The van der Waals surface area contributed by atoms with Gasteiger partial charge in [-0.25, -0.2) is 0 Å². The lowest BCUT2D eigenvalue weighted by Crippen LogP contribution is -2.35. The molecule has 8 nitrogen and oxygen atoms in total. The lowest BCUT2D eigenvalue weighted by molar-refractivity contribution is -0.0803. The summed E-state index contributed by atoms with van der Waals surface area (Å²) in [6.45, 7) is -0.657. The zero-order valence-electron chi connectivity index (χ0n) is 6.57. The Labute approximate surface area is 72.8 Å². The number of hydrogen-bond acceptors (Lipinski definition) is 7. The number of aromatic nitrogens is 4. The van der Waals surface area contributed by atoms with Crippen LogP contribution in [0.1, 0.15) is 11.9 Å². The summed E-state index contributed by atoms with van der Waals surface area (Å²) in [5.74, 6) is -0.139. The molecule has 0 fully saturated rings. The summed E-state index contributed by atoms with van der Waals surface area (Å²) in [7, 11) is 0. The van der Waals surface area contributed by atoms with Gasteiger partial charge in [-0.1, -0.05) is 5.21 Å². The van der Waals surface area contributed by atoms with Crippen LogP contribution >= 0.6 is 0 Å². The predicted molar refractivity (Wildman–Crippen MR) is 38.2 cm³/mol. The van der Waals surface area contributed by atoms with Gasteiger partial charge < -0.3 is 20.4 Å². The van der Waals surface area contributed by atoms with E-state index in [9.17, 15) is 10.2 Å². The number of nitrogens with zero attached hydrogens (tertiary/aromatic N) is 3. The lowest BCUT2D eigenvalue weighted by atomic mass is 10.1. The molecule has 0 unspecified atom stereocenters. The van der Waals surface area contributed by atoms with Gasteiger partial charge in [-0.05, 0) is 0 Å². The second-order valence-corrected chi connectivity index (χ2v) is 2.46. The molecular formula is C5H10N4O4. The largest absolute Gasteiger partial charge is 0.394 e. The standard InChI is InChI=1S/C5H10N4O4/c10-1-2(11)3(12)4(13)5-6-8-9-7-5/h2-4,10-13H,1H2,(H,6,7,8,9)/t2-,3+,4-/m0/s1. The minimum atomic E-state index is -1.54. The van der Waals surface area contributed by atoms with Gasteiger partial charge in [-0.2, -0.15) is 5.21 Å². The van der Waals surface area contributed by atoms with Crippen LogP contribution in [0.25, 0.3) is 0 Å². The zero-order valence-corrected chi connectivity index (χ0v) is 6.57. The van der Waals surface area contributed by atoms with Crippen molar-refractivity contribution in [3.63, 3.8) is 0 Å². The van der Waals surface area contributed by atoms with Gasteiger partial charge in [0.05, 0.1) is 6.61 Å². The molecule has 0 saturated carbocycles. The molecule has 1 heterocycles. The predicted octanol–water partition coefficient (Wildman–Crippen LogP) is -3.05. The first-order chi connectivity index (χ1) is 6.16. The first-order valence-corrected chi connectivity index (χ1v) is 3.55. The zero-order chi connectivity index (χ0) is 9.84. The molecule has 0 aliphatic carbocycles. The van der Waals surface area contributed by atoms with Crippen molar-refractivity contribution in [1.29, 1.82) is 0 Å². The first kappa shape index (κ1) is 9.99. The fourth-order valence-electron chi connectivity index (χ4n) is 0.766. The number of aromatic amines is 1. The maximum absolute atomic E-state index is 9.27. The highest BCUT2D eigenvalue weighted by Crippen LogP contribution is 2.13. The molecule has 0 amide bonds. The van der Waals surface area contributed by atoms with E-state index in [1.807, 2.05) is 0 Å². The molecule has 8 heteroatoms. The van der Waals surface area contributed by atoms with Crippen LogP contribution in [-0.4, -0.2) is 59.9 Å². The Kier molecular flexibility index (Phi) is 3.25. The molecule has 0 aliphatic heterocycles. The number of aliphatic hydroxyl groups is 4. The molecule has 13 heavy (non-hydrogen) atoms. The van der Waals surface area contributed by atoms with Gasteiger partial charge in [0.2, 0.25) is 5.82 Å². The van der Waals surface area contributed by atoms with E-state index in [4.69, 9.17) is 10.2 Å². The van der Waals surface area contributed by atoms with E-state index in [-0.39, 0.29) is 5.82 Å². The average molecular weight is 190 g/mol. The summed E-state index contributed by atoms with van der Waals surface area (Å²) in [4.78, 5) is 0. The molecule has 0 radical (unpaired) electrons. The Morgan fingerprint density at radius 3 is 2.46 bits per heavy atom. The van der Waals surface area contributed by atoms with E-state index in [1.165, 1.54) is 0 Å². The molecule has 74 valence electrons. The third kappa shape index (κ3) is 2.18. The van der Waals surface area contributed by atoms with Gasteiger partial charge in [-0.15, -0.1) is 10.2 Å². The van der Waals surface area contributed by atoms with E-state index >= 15 is 0 Å². The van der Waals surface area contributed by atoms with Gasteiger partial charge in [0.15, 0.2) is 0 Å². The van der Waals surface area contributed by atoms with E-state index < -0.39 is 24.9 Å². The SMILES string of the molecule is OC[C@H](O)[C@@H](O)[C@H](O)c1nn[nH]n1. The van der Waals surface area contributed by atoms with Crippen molar-refractivity contribution in [2.75, 3.05) is 6.61 Å². The smallest absolute Gasteiger partial charge is 0.205 e. The number of aliphatic hydroxyl groups excluding tert-OH is 4. The molecule has 0 bridgehead atoms. The second-order valence-electron chi connectivity index (χ2n) is 2.46. The van der Waals surface area contributed by atoms with Crippen LogP contribution in [0.3, 0.4) is 0 Å². The topological polar surface area (TPSA) is 135 Å². The third-order valence-corrected chi connectivity index (χ3v) is 1.53. The molecular weight excluding hydrogens is 180 g/mol. The molecule has 0 aromatic carbocycles. The van der Waals surface area contributed by atoms with Crippen molar-refractivity contribution in [2.24, 2.45) is 0 Å². The second kappa shape index (κ2) is 4.23. The van der Waals surface area contributed by atoms with Crippen LogP contribution in [-0.2, 0) is 0 Å². The minimum absolute atomic E-state index is 0.139. The average Bonchev–Trinajstić information content (AvgIpc) is 2.67. The fourth-order valence-corrected chi connectivity index (χ4v) is 0.766. The Morgan fingerprint density at radius 2 is 2.00 bits per heavy atom. The third-order valence-electron chi connectivity index (χ3n) is 1.53. The van der Waals surface area contributed by atoms with Gasteiger partial charge in [0.25, 0.3) is 0 Å². The highest BCUT2D eigenvalue weighted by atomic mass is 16.4. The van der Waals surface area contributed by atoms with Gasteiger partial charge in [-0.3, -0.25) is 0 Å². The van der Waals surface area contributed by atoms with Gasteiger partial charge in [0, 0.05) is 0 Å². The van der Waals surface area contributed by atoms with Crippen molar-refractivity contribution in [2.45, 2.75) is 18.3 Å². The van der Waals surface area contributed by atoms with Gasteiger partial charge in [0.1, 0.15) is 18.3 Å². The molecule has 0 saturated heterocycles. The van der Waals surface area contributed by atoms with E-state index in [0.717, 1.165) is 0 Å². The minimum Gasteiger partial charge on any atom is -0.394 e. The Hall–Kier alpha value is -1.09. The Morgan fingerprint density at radius 1 is 1.31 bits per heavy atom. The van der Waals surface area contributed by atoms with Crippen molar-refractivity contribution < 1.29 is 20.4 Å². The van der Waals surface area contributed by atoms with Crippen LogP contribution in [0.2, 0.25) is 0 Å². The summed E-state index contributed by atoms with van der Waals surface area (Å²) >= 11 is 0. The van der Waals surface area contributed by atoms with E-state index in [1.54, 1.807) is 0 Å². The number of rotatable bonds is 4. The molecule has 0 spiro atoms. The van der Waals surface area contributed by atoms with Crippen molar-refractivity contribution >= 4 is 0 Å². The first-order valence-electron chi connectivity index (χ1n) is 3.55. The molecule has 1 aromatic rings. The highest BCUT2D eigenvalue weighted by molar-refractivity contribution is 4.90. The number of nitrogens with one attached hydrogen (secondary N) is 1. The Bertz CT molecular complexity index is 241. The van der Waals surface area contributed by atoms with E-state index in [2.05, 4.69) is 20.6 Å². The van der Waals surface area contributed by atoms with Crippen molar-refractivity contribution in [1.82, 2.24) is 20.6 Å². The number of H-pyrrole nitrogens is 1. The number of tetrazole rings is 1. The molecule has 0 aliphatic rings. The maximum Gasteiger partial charge on any atom is 0.205 e. The maximum atomic E-state index is 9.27. The van der Waals surface area contributed by atoms with Crippen molar-refractivity contribution in [3.05, 3.63) is 5.82 Å². The molecule has 1 aromatic heterocycles. The summed E-state index contributed by atoms with van der Waals surface area (Å²) in [5, 5.41) is 47.9. The summed E-state index contributed by atoms with van der Waals surface area (Å²) in [5.41, 5.74) is 0. The summed E-state index contributed by atoms with van der Waals surface area (Å²) in [6, 6.07) is 0. The fraction of sp³-hybridized carbons (Fsp3) is 0.800. The van der Waals surface area contributed by atoms with Crippen LogP contribution in [0.5, 0.6) is 0 Å². The van der Waals surface area contributed by atoms with Crippen LogP contribution in [0.15, 0.2) is 0 Å². The van der Waals surface area contributed by atoms with Crippen LogP contribution in [0, 0.1) is 0 Å². The lowest BCUT2D eigenvalue weighted by Gasteiger charge is -2.18. The number of hydrogen-bond donors (Lipinski definition) is 5. The quantitative estimate of drug-likeness (QED) is 0.340.